The van der Waals surface area contributed by atoms with Gasteiger partial charge in [0.25, 0.3) is 5.91 Å². The number of Topliss-reactive ketones (excluding diaryl/α,β-unsaturated/α-hetero) is 1. The number of nitrogens with zero attached hydrogens (tertiary/aromatic N) is 3. The van der Waals surface area contributed by atoms with Crippen molar-refractivity contribution in [2.75, 3.05) is 4.90 Å². The van der Waals surface area contributed by atoms with Crippen LogP contribution in [0, 0.1) is 0 Å². The first kappa shape index (κ1) is 26.0. The van der Waals surface area contributed by atoms with E-state index in [0.29, 0.717) is 21.2 Å². The van der Waals surface area contributed by atoms with Crippen molar-refractivity contribution in [2.45, 2.75) is 16.1 Å². The standard InChI is InChI=1S/C32H21N3O5S2/c36-22-14-12-19(13-15-22)27-26(28(37)25-16-20-7-2-4-11-24(20)40-25)29(38)30(39)35(27)31-33-34-32(42-31)41-17-21-9-5-8-18-6-1-3-10-23(18)21/h1-16,27,36,38H,17H2/t27-/m1/s1. The molecule has 42 heavy (non-hydrogen) atoms. The number of aliphatic hydroxyl groups excluding tert-OH is 1. The summed E-state index contributed by atoms with van der Waals surface area (Å²) in [7, 11) is 0. The predicted molar refractivity (Wildman–Crippen MR) is 162 cm³/mol. The fourth-order valence-corrected chi connectivity index (χ4v) is 7.02. The Labute approximate surface area is 247 Å². The van der Waals surface area contributed by atoms with Gasteiger partial charge in [0.2, 0.25) is 10.9 Å². The van der Waals surface area contributed by atoms with E-state index in [1.807, 2.05) is 30.3 Å². The first-order valence-corrected chi connectivity index (χ1v) is 14.8. The summed E-state index contributed by atoms with van der Waals surface area (Å²) in [6.45, 7) is 0. The summed E-state index contributed by atoms with van der Waals surface area (Å²) in [5.74, 6) is -1.40. The highest BCUT2D eigenvalue weighted by atomic mass is 32.2. The van der Waals surface area contributed by atoms with Gasteiger partial charge in [-0.1, -0.05) is 95.9 Å². The van der Waals surface area contributed by atoms with E-state index in [9.17, 15) is 19.8 Å². The molecule has 2 aromatic heterocycles. The number of rotatable bonds is 7. The molecule has 0 saturated carbocycles. The van der Waals surface area contributed by atoms with Crippen LogP contribution in [0.4, 0.5) is 5.13 Å². The Kier molecular flexibility index (Phi) is 6.49. The van der Waals surface area contributed by atoms with Crippen LogP contribution in [-0.4, -0.2) is 32.1 Å². The smallest absolute Gasteiger partial charge is 0.296 e. The number of phenolic OH excluding ortho intramolecular Hbond substituents is 1. The van der Waals surface area contributed by atoms with Crippen molar-refractivity contribution in [1.29, 1.82) is 0 Å². The van der Waals surface area contributed by atoms with Crippen LogP contribution in [0.2, 0.25) is 0 Å². The third-order valence-corrected chi connectivity index (χ3v) is 9.25. The second kappa shape index (κ2) is 10.5. The van der Waals surface area contributed by atoms with E-state index < -0.39 is 23.5 Å². The van der Waals surface area contributed by atoms with Crippen molar-refractivity contribution < 1.29 is 24.2 Å². The van der Waals surface area contributed by atoms with Gasteiger partial charge in [0.15, 0.2) is 15.9 Å². The van der Waals surface area contributed by atoms with Crippen LogP contribution in [0.15, 0.2) is 117 Å². The number of aromatic hydroxyl groups is 1. The number of anilines is 1. The second-order valence-electron chi connectivity index (χ2n) is 9.69. The van der Waals surface area contributed by atoms with Crippen molar-refractivity contribution in [1.82, 2.24) is 10.2 Å². The number of aliphatic hydroxyl groups is 1. The van der Waals surface area contributed by atoms with Gasteiger partial charge < -0.3 is 14.6 Å². The SMILES string of the molecule is O=C(C1=C(O)C(=O)N(c2nnc(SCc3cccc4ccccc34)s2)[C@@H]1c1ccc(O)cc1)c1cc2ccccc2o1. The Bertz CT molecular complexity index is 1990. The zero-order chi connectivity index (χ0) is 28.8. The molecule has 0 saturated heterocycles. The molecule has 1 atom stereocenters. The van der Waals surface area contributed by atoms with Gasteiger partial charge in [0.1, 0.15) is 11.3 Å². The lowest BCUT2D eigenvalue weighted by Crippen LogP contribution is -2.31. The van der Waals surface area contributed by atoms with Crippen LogP contribution < -0.4 is 4.90 Å². The maximum atomic E-state index is 13.8. The molecule has 6 aromatic rings. The van der Waals surface area contributed by atoms with Gasteiger partial charge in [-0.3, -0.25) is 14.5 Å². The van der Waals surface area contributed by atoms with Crippen LogP contribution in [-0.2, 0) is 10.5 Å². The topological polar surface area (TPSA) is 117 Å². The Morgan fingerprint density at radius 2 is 1.64 bits per heavy atom. The molecule has 1 aliphatic heterocycles. The molecule has 0 aliphatic carbocycles. The molecule has 206 valence electrons. The van der Waals surface area contributed by atoms with Gasteiger partial charge >= 0.3 is 0 Å². The molecule has 2 N–H and O–H groups in total. The quantitative estimate of drug-likeness (QED) is 0.114. The number of para-hydroxylation sites is 1. The summed E-state index contributed by atoms with van der Waals surface area (Å²) in [5, 5.41) is 32.8. The number of phenols is 1. The van der Waals surface area contributed by atoms with Gasteiger partial charge in [0, 0.05) is 11.1 Å². The summed E-state index contributed by atoms with van der Waals surface area (Å²) < 4.78 is 6.42. The number of amides is 1. The zero-order valence-corrected chi connectivity index (χ0v) is 23.4. The normalized spacial score (nSPS) is 15.3. The van der Waals surface area contributed by atoms with Crippen molar-refractivity contribution in [3.05, 3.63) is 125 Å². The number of fused-ring (bicyclic) bond motifs is 2. The minimum Gasteiger partial charge on any atom is -0.508 e. The lowest BCUT2D eigenvalue weighted by Gasteiger charge is -2.23. The Balaban J connectivity index is 1.23. The number of ketones is 1. The minimum atomic E-state index is -1.01. The van der Waals surface area contributed by atoms with Crippen molar-refractivity contribution in [3.8, 4) is 5.75 Å². The highest BCUT2D eigenvalue weighted by molar-refractivity contribution is 8.00. The molecule has 7 rings (SSSR count). The first-order valence-electron chi connectivity index (χ1n) is 13.0. The first-order chi connectivity index (χ1) is 20.5. The van der Waals surface area contributed by atoms with Crippen LogP contribution in [0.3, 0.4) is 0 Å². The summed E-state index contributed by atoms with van der Waals surface area (Å²) in [6.07, 6.45) is 0. The number of furan rings is 1. The van der Waals surface area contributed by atoms with E-state index in [0.717, 1.165) is 21.7 Å². The zero-order valence-electron chi connectivity index (χ0n) is 21.8. The Morgan fingerprint density at radius 1 is 0.905 bits per heavy atom. The van der Waals surface area contributed by atoms with Crippen LogP contribution in [0.5, 0.6) is 5.75 Å². The molecule has 3 heterocycles. The summed E-state index contributed by atoms with van der Waals surface area (Å²) >= 11 is 2.69. The Morgan fingerprint density at radius 3 is 2.45 bits per heavy atom. The van der Waals surface area contributed by atoms with E-state index in [1.165, 1.54) is 40.1 Å². The third kappa shape index (κ3) is 4.50. The molecular weight excluding hydrogens is 571 g/mol. The summed E-state index contributed by atoms with van der Waals surface area (Å²) in [4.78, 5) is 28.6. The molecule has 8 nitrogen and oxygen atoms in total. The molecule has 1 aliphatic rings. The molecule has 0 fully saturated rings. The Hall–Kier alpha value is -4.93. The van der Waals surface area contributed by atoms with Gasteiger partial charge in [-0.2, -0.15) is 0 Å². The monoisotopic (exact) mass is 591 g/mol. The van der Waals surface area contributed by atoms with Crippen LogP contribution in [0.25, 0.3) is 21.7 Å². The van der Waals surface area contributed by atoms with Gasteiger partial charge in [-0.25, -0.2) is 0 Å². The molecule has 10 heteroatoms. The van der Waals surface area contributed by atoms with Gasteiger partial charge in [-0.15, -0.1) is 10.2 Å². The van der Waals surface area contributed by atoms with Crippen molar-refractivity contribution >= 4 is 61.7 Å². The van der Waals surface area contributed by atoms with Crippen LogP contribution in [0.1, 0.15) is 27.7 Å². The molecule has 0 radical (unpaired) electrons. The lowest BCUT2D eigenvalue weighted by molar-refractivity contribution is -0.117. The van der Waals surface area contributed by atoms with Crippen molar-refractivity contribution in [3.63, 3.8) is 0 Å². The number of benzene rings is 4. The summed E-state index contributed by atoms with van der Waals surface area (Å²) in [6, 6.07) is 28.2. The van der Waals surface area contributed by atoms with E-state index in [4.69, 9.17) is 4.42 Å². The van der Waals surface area contributed by atoms with Crippen molar-refractivity contribution in [2.24, 2.45) is 0 Å². The molecule has 0 spiro atoms. The molecular formula is C32H21N3O5S2. The summed E-state index contributed by atoms with van der Waals surface area (Å²) in [5.41, 5.74) is 2.03. The predicted octanol–water partition coefficient (Wildman–Crippen LogP) is 7.22. The molecule has 4 aromatic carbocycles. The van der Waals surface area contributed by atoms with E-state index in [1.54, 1.807) is 30.3 Å². The average Bonchev–Trinajstić information content (AvgIpc) is 3.73. The fourth-order valence-electron chi connectivity index (χ4n) is 5.15. The largest absolute Gasteiger partial charge is 0.508 e. The van der Waals surface area contributed by atoms with E-state index in [2.05, 4.69) is 34.5 Å². The highest BCUT2D eigenvalue weighted by Gasteiger charge is 2.46. The van der Waals surface area contributed by atoms with E-state index >= 15 is 0 Å². The number of carbonyl (C=O) groups excluding carboxylic acids is 2. The maximum absolute atomic E-state index is 13.8. The number of hydrogen-bond donors (Lipinski definition) is 2. The number of aromatic nitrogens is 2. The fraction of sp³-hybridized carbons (Fsp3) is 0.0625. The minimum absolute atomic E-state index is 0.000209. The third-order valence-electron chi connectivity index (χ3n) is 7.14. The molecule has 0 bridgehead atoms. The molecule has 0 unspecified atom stereocenters. The van der Waals surface area contributed by atoms with Gasteiger partial charge in [-0.05, 0) is 46.2 Å². The maximum Gasteiger partial charge on any atom is 0.296 e. The number of hydrogen-bond acceptors (Lipinski definition) is 9. The number of thioether (sulfide) groups is 1. The van der Waals surface area contributed by atoms with Gasteiger partial charge in [0.05, 0.1) is 11.6 Å². The number of carbonyl (C=O) groups is 2. The van der Waals surface area contributed by atoms with Crippen LogP contribution >= 0.6 is 23.1 Å². The molecule has 1 amide bonds. The second-order valence-corrected chi connectivity index (χ2v) is 11.9. The average molecular weight is 592 g/mol. The lowest BCUT2D eigenvalue weighted by atomic mass is 9.95. The van der Waals surface area contributed by atoms with E-state index in [-0.39, 0.29) is 22.2 Å². The highest BCUT2D eigenvalue weighted by Crippen LogP contribution is 2.44.